The first-order chi connectivity index (χ1) is 9.13. The molecule has 1 amide bonds. The molecule has 2 heterocycles. The molecule has 0 aliphatic carbocycles. The van der Waals surface area contributed by atoms with Gasteiger partial charge in [-0.25, -0.2) is 0 Å². The van der Waals surface area contributed by atoms with Crippen LogP contribution in [0.25, 0.3) is 0 Å². The third-order valence-electron chi connectivity index (χ3n) is 5.10. The zero-order chi connectivity index (χ0) is 13.5. The van der Waals surface area contributed by atoms with Gasteiger partial charge in [0.25, 0.3) is 0 Å². The van der Waals surface area contributed by atoms with Crippen LogP contribution < -0.4 is 0 Å². The second kappa shape index (κ2) is 4.64. The van der Waals surface area contributed by atoms with Crippen LogP contribution in [0.3, 0.4) is 0 Å². The Morgan fingerprint density at radius 3 is 2.58 bits per heavy atom. The summed E-state index contributed by atoms with van der Waals surface area (Å²) in [5.74, 6) is 0.210. The average molecular weight is 258 g/mol. The lowest BCUT2D eigenvalue weighted by atomic mass is 9.69. The lowest BCUT2D eigenvalue weighted by Gasteiger charge is -2.46. The third kappa shape index (κ3) is 1.96. The Bertz CT molecular complexity index is 473. The first-order valence-corrected chi connectivity index (χ1v) is 7.15. The topological polar surface area (TPSA) is 23.6 Å². The van der Waals surface area contributed by atoms with Crippen LogP contribution in [0.1, 0.15) is 25.3 Å². The molecule has 2 atom stereocenters. The fraction of sp³-hybridized carbons (Fsp3) is 0.562. The highest BCUT2D eigenvalue weighted by Crippen LogP contribution is 2.45. The molecule has 102 valence electrons. The van der Waals surface area contributed by atoms with Gasteiger partial charge in [-0.1, -0.05) is 30.3 Å². The second-order valence-electron chi connectivity index (χ2n) is 5.98. The van der Waals surface area contributed by atoms with E-state index in [2.05, 4.69) is 42.3 Å². The van der Waals surface area contributed by atoms with E-state index in [9.17, 15) is 4.79 Å². The number of hydrogen-bond donors (Lipinski definition) is 0. The van der Waals surface area contributed by atoms with Crippen molar-refractivity contribution < 1.29 is 4.79 Å². The van der Waals surface area contributed by atoms with Crippen LogP contribution in [0.15, 0.2) is 30.3 Å². The number of fused-ring (bicyclic) bond motifs is 1. The van der Waals surface area contributed by atoms with E-state index in [-0.39, 0.29) is 11.3 Å². The minimum atomic E-state index is 0.210. The van der Waals surface area contributed by atoms with Crippen molar-refractivity contribution in [3.63, 3.8) is 0 Å². The van der Waals surface area contributed by atoms with Gasteiger partial charge >= 0.3 is 0 Å². The Morgan fingerprint density at radius 2 is 1.89 bits per heavy atom. The summed E-state index contributed by atoms with van der Waals surface area (Å²) in [6, 6.07) is 11.3. The van der Waals surface area contributed by atoms with Gasteiger partial charge in [0, 0.05) is 31.5 Å². The normalized spacial score (nSPS) is 31.3. The van der Waals surface area contributed by atoms with Gasteiger partial charge in [-0.05, 0) is 32.0 Å². The molecule has 3 rings (SSSR count). The van der Waals surface area contributed by atoms with Crippen LogP contribution in [0.5, 0.6) is 0 Å². The van der Waals surface area contributed by atoms with E-state index in [1.807, 2.05) is 4.90 Å². The monoisotopic (exact) mass is 258 g/mol. The molecule has 2 aliphatic rings. The lowest BCUT2D eigenvalue weighted by molar-refractivity contribution is -0.131. The first-order valence-electron chi connectivity index (χ1n) is 7.15. The summed E-state index contributed by atoms with van der Waals surface area (Å²) in [5.41, 5.74) is 1.70. The molecular weight excluding hydrogens is 236 g/mol. The van der Waals surface area contributed by atoms with Crippen LogP contribution in [-0.4, -0.2) is 48.4 Å². The van der Waals surface area contributed by atoms with E-state index in [4.69, 9.17) is 0 Å². The van der Waals surface area contributed by atoms with E-state index in [0.717, 1.165) is 26.1 Å². The number of likely N-dealkylation sites (tertiary alicyclic amines) is 2. The number of hydrogen-bond acceptors (Lipinski definition) is 2. The minimum Gasteiger partial charge on any atom is -0.341 e. The predicted octanol–water partition coefficient (Wildman–Crippen LogP) is 1.88. The van der Waals surface area contributed by atoms with Gasteiger partial charge in [-0.2, -0.15) is 0 Å². The van der Waals surface area contributed by atoms with Crippen LogP contribution in [0.2, 0.25) is 0 Å². The first kappa shape index (κ1) is 12.7. The van der Waals surface area contributed by atoms with Gasteiger partial charge < -0.3 is 9.80 Å². The highest BCUT2D eigenvalue weighted by atomic mass is 16.2. The van der Waals surface area contributed by atoms with Crippen molar-refractivity contribution in [2.75, 3.05) is 26.7 Å². The van der Waals surface area contributed by atoms with Crippen molar-refractivity contribution in [1.82, 2.24) is 9.80 Å². The number of carbonyl (C=O) groups excluding carboxylic acids is 1. The van der Waals surface area contributed by atoms with Crippen molar-refractivity contribution >= 4 is 5.91 Å². The summed E-state index contributed by atoms with van der Waals surface area (Å²) >= 11 is 0. The summed E-state index contributed by atoms with van der Waals surface area (Å²) in [5, 5.41) is 0. The van der Waals surface area contributed by atoms with Crippen molar-refractivity contribution in [3.8, 4) is 0 Å². The van der Waals surface area contributed by atoms with Crippen LogP contribution in [-0.2, 0) is 10.2 Å². The second-order valence-corrected chi connectivity index (χ2v) is 5.98. The molecule has 19 heavy (non-hydrogen) atoms. The number of benzene rings is 1. The summed E-state index contributed by atoms with van der Waals surface area (Å²) in [6.45, 7) is 4.59. The molecule has 1 aromatic carbocycles. The van der Waals surface area contributed by atoms with E-state index < -0.39 is 0 Å². The quantitative estimate of drug-likeness (QED) is 0.768. The number of rotatable bonds is 1. The summed E-state index contributed by atoms with van der Waals surface area (Å²) in [4.78, 5) is 16.1. The number of nitrogens with zero attached hydrogens (tertiary/aromatic N) is 2. The molecule has 0 aromatic heterocycles. The summed E-state index contributed by atoms with van der Waals surface area (Å²) in [6.07, 6.45) is 2.30. The van der Waals surface area contributed by atoms with Crippen molar-refractivity contribution in [3.05, 3.63) is 35.9 Å². The molecule has 3 nitrogen and oxygen atoms in total. The number of piperidine rings is 1. The molecule has 0 N–H and O–H groups in total. The molecule has 0 bridgehead atoms. The van der Waals surface area contributed by atoms with Gasteiger partial charge in [0.05, 0.1) is 0 Å². The number of likely N-dealkylation sites (N-methyl/N-ethyl adjacent to an activating group) is 1. The number of amides is 1. The van der Waals surface area contributed by atoms with Crippen molar-refractivity contribution in [2.45, 2.75) is 31.2 Å². The van der Waals surface area contributed by atoms with Crippen molar-refractivity contribution in [2.24, 2.45) is 0 Å². The molecular formula is C16H22N2O. The summed E-state index contributed by atoms with van der Waals surface area (Å²) < 4.78 is 0. The Balaban J connectivity index is 1.95. The van der Waals surface area contributed by atoms with Gasteiger partial charge in [-0.15, -0.1) is 0 Å². The Kier molecular flexibility index (Phi) is 3.09. The Labute approximate surface area is 115 Å². The highest BCUT2D eigenvalue weighted by Gasteiger charge is 2.50. The smallest absolute Gasteiger partial charge is 0.219 e. The SMILES string of the molecule is CC(=O)N1CC[C@@]2(c3ccccc3)CCN(C)[C@@H]2C1. The molecule has 1 aromatic rings. The fourth-order valence-corrected chi connectivity index (χ4v) is 3.90. The highest BCUT2D eigenvalue weighted by molar-refractivity contribution is 5.73. The van der Waals surface area contributed by atoms with Crippen LogP contribution in [0.4, 0.5) is 0 Å². The largest absolute Gasteiger partial charge is 0.341 e. The standard InChI is InChI=1S/C16H22N2O/c1-13(19)18-11-9-16(14-6-4-3-5-7-14)8-10-17(2)15(16)12-18/h3-7,15H,8-12H2,1-2H3/t15-,16-/m1/s1. The molecule has 2 fully saturated rings. The van der Waals surface area contributed by atoms with E-state index in [1.54, 1.807) is 6.92 Å². The zero-order valence-corrected chi connectivity index (χ0v) is 11.8. The molecule has 0 saturated carbocycles. The predicted molar refractivity (Wildman–Crippen MR) is 76.0 cm³/mol. The van der Waals surface area contributed by atoms with Crippen LogP contribution in [0, 0.1) is 0 Å². The molecule has 0 unspecified atom stereocenters. The van der Waals surface area contributed by atoms with Gasteiger partial charge in [-0.3, -0.25) is 4.79 Å². The van der Waals surface area contributed by atoms with E-state index in [1.165, 1.54) is 12.0 Å². The van der Waals surface area contributed by atoms with Crippen molar-refractivity contribution in [1.29, 1.82) is 0 Å². The molecule has 3 heteroatoms. The minimum absolute atomic E-state index is 0.210. The fourth-order valence-electron chi connectivity index (χ4n) is 3.90. The maximum absolute atomic E-state index is 11.6. The molecule has 2 saturated heterocycles. The summed E-state index contributed by atoms with van der Waals surface area (Å²) in [7, 11) is 2.19. The van der Waals surface area contributed by atoms with Crippen LogP contribution >= 0.6 is 0 Å². The Morgan fingerprint density at radius 1 is 1.21 bits per heavy atom. The van der Waals surface area contributed by atoms with E-state index >= 15 is 0 Å². The average Bonchev–Trinajstić information content (AvgIpc) is 2.78. The number of carbonyl (C=O) groups is 1. The maximum atomic E-state index is 11.6. The van der Waals surface area contributed by atoms with Gasteiger partial charge in [0.2, 0.25) is 5.91 Å². The van der Waals surface area contributed by atoms with Gasteiger partial charge in [0.1, 0.15) is 0 Å². The zero-order valence-electron chi connectivity index (χ0n) is 11.8. The van der Waals surface area contributed by atoms with E-state index in [0.29, 0.717) is 6.04 Å². The Hall–Kier alpha value is -1.35. The maximum Gasteiger partial charge on any atom is 0.219 e. The van der Waals surface area contributed by atoms with Gasteiger partial charge in [0.15, 0.2) is 0 Å². The lowest BCUT2D eigenvalue weighted by Crippen LogP contribution is -2.55. The molecule has 2 aliphatic heterocycles. The third-order valence-corrected chi connectivity index (χ3v) is 5.10. The molecule has 0 spiro atoms. The molecule has 0 radical (unpaired) electrons.